The molecule has 0 radical (unpaired) electrons. The number of hydrogen-bond donors (Lipinski definition) is 1. The Kier molecular flexibility index (Phi) is 9.89. The summed E-state index contributed by atoms with van der Waals surface area (Å²) in [6.07, 6.45) is 16.6. The number of primary amides is 1. The number of allylic oxidation sites excluding steroid dienone is 9. The zero-order chi connectivity index (χ0) is 24.2. The summed E-state index contributed by atoms with van der Waals surface area (Å²) in [5.41, 5.74) is 8.06. The molecule has 0 spiro atoms. The van der Waals surface area contributed by atoms with Gasteiger partial charge >= 0.3 is 0 Å². The molecule has 2 aromatic rings. The Labute approximate surface area is 202 Å². The van der Waals surface area contributed by atoms with Crippen LogP contribution in [0.1, 0.15) is 29.3 Å². The molecule has 2 aromatic carbocycles. The third kappa shape index (κ3) is 7.04. The van der Waals surface area contributed by atoms with Crippen molar-refractivity contribution in [3.8, 4) is 5.75 Å². The monoisotopic (exact) mass is 458 g/mol. The predicted molar refractivity (Wildman–Crippen MR) is 141 cm³/mol. The van der Waals surface area contributed by atoms with Crippen molar-refractivity contribution >= 4 is 22.3 Å². The molecule has 1 fully saturated rings. The van der Waals surface area contributed by atoms with E-state index in [1.807, 2.05) is 73.7 Å². The number of carbonyl (C=O) groups is 1. The fourth-order valence-corrected chi connectivity index (χ4v) is 3.96. The largest absolute Gasteiger partial charge is 0.491 e. The molecule has 0 aromatic heterocycles. The first-order chi connectivity index (χ1) is 16.6. The van der Waals surface area contributed by atoms with E-state index in [0.29, 0.717) is 17.9 Å². The van der Waals surface area contributed by atoms with Crippen LogP contribution >= 0.6 is 0 Å². The van der Waals surface area contributed by atoms with Crippen LogP contribution in [0, 0.1) is 0 Å². The topological polar surface area (TPSA) is 64.8 Å². The van der Waals surface area contributed by atoms with E-state index in [1.165, 1.54) is 0 Å². The summed E-state index contributed by atoms with van der Waals surface area (Å²) in [6.45, 7) is 10.2. The maximum Gasteiger partial charge on any atom is 0.253 e. The van der Waals surface area contributed by atoms with Gasteiger partial charge in [-0.1, -0.05) is 79.5 Å². The van der Waals surface area contributed by atoms with Gasteiger partial charge in [0, 0.05) is 25.2 Å². The Morgan fingerprint density at radius 2 is 1.88 bits per heavy atom. The number of carbonyl (C=O) groups excluding carboxylic acids is 1. The van der Waals surface area contributed by atoms with E-state index >= 15 is 0 Å². The van der Waals surface area contributed by atoms with Gasteiger partial charge in [-0.05, 0) is 35.8 Å². The van der Waals surface area contributed by atoms with Crippen LogP contribution in [0.5, 0.6) is 5.75 Å². The van der Waals surface area contributed by atoms with Crippen LogP contribution in [0.25, 0.3) is 16.3 Å². The van der Waals surface area contributed by atoms with Crippen molar-refractivity contribution in [1.29, 1.82) is 0 Å². The molecule has 1 saturated heterocycles. The highest BCUT2D eigenvalue weighted by Crippen LogP contribution is 2.35. The summed E-state index contributed by atoms with van der Waals surface area (Å²) < 4.78 is 11.5. The lowest BCUT2D eigenvalue weighted by Crippen LogP contribution is -2.38. The third-order valence-corrected chi connectivity index (χ3v) is 5.67. The molecule has 5 heteroatoms. The van der Waals surface area contributed by atoms with Gasteiger partial charge in [0.05, 0.1) is 18.8 Å². The second-order valence-electron chi connectivity index (χ2n) is 8.07. The quantitative estimate of drug-likeness (QED) is 0.464. The fraction of sp³-hybridized carbons (Fsp3) is 0.276. The lowest BCUT2D eigenvalue weighted by Gasteiger charge is -2.26. The van der Waals surface area contributed by atoms with E-state index in [1.54, 1.807) is 6.08 Å². The van der Waals surface area contributed by atoms with Crippen LogP contribution in [0.3, 0.4) is 0 Å². The first-order valence-electron chi connectivity index (χ1n) is 11.7. The molecule has 0 bridgehead atoms. The number of hydrogen-bond acceptors (Lipinski definition) is 4. The summed E-state index contributed by atoms with van der Waals surface area (Å²) in [5.74, 6) is 0.0350. The Bertz CT molecular complexity index is 1110. The Hall–Kier alpha value is -3.41. The van der Waals surface area contributed by atoms with Crippen LogP contribution in [0.4, 0.5) is 0 Å². The van der Waals surface area contributed by atoms with Crippen molar-refractivity contribution in [2.24, 2.45) is 5.73 Å². The van der Waals surface area contributed by atoms with E-state index < -0.39 is 5.91 Å². The summed E-state index contributed by atoms with van der Waals surface area (Å²) in [7, 11) is 0. The van der Waals surface area contributed by atoms with E-state index in [-0.39, 0.29) is 0 Å². The van der Waals surface area contributed by atoms with Crippen molar-refractivity contribution in [3.05, 3.63) is 96.6 Å². The summed E-state index contributed by atoms with van der Waals surface area (Å²) in [4.78, 5) is 14.9. The highest BCUT2D eigenvalue weighted by atomic mass is 16.5. The number of ether oxygens (including phenoxy) is 2. The van der Waals surface area contributed by atoms with Gasteiger partial charge < -0.3 is 15.2 Å². The van der Waals surface area contributed by atoms with Gasteiger partial charge in [-0.15, -0.1) is 0 Å². The summed E-state index contributed by atoms with van der Waals surface area (Å²) in [6, 6.07) is 9.92. The molecule has 0 aliphatic carbocycles. The first kappa shape index (κ1) is 25.2. The minimum absolute atomic E-state index is 0.424. The molecule has 0 atom stereocenters. The molecule has 1 aliphatic heterocycles. The number of fused-ring (bicyclic) bond motifs is 1. The second kappa shape index (κ2) is 13.3. The number of rotatable bonds is 11. The summed E-state index contributed by atoms with van der Waals surface area (Å²) >= 11 is 0. The van der Waals surface area contributed by atoms with E-state index in [9.17, 15) is 4.79 Å². The highest BCUT2D eigenvalue weighted by molar-refractivity contribution is 6.08. The number of nitrogens with two attached hydrogens (primary N) is 1. The molecular formula is C29H34N2O3. The molecule has 1 heterocycles. The average Bonchev–Trinajstić information content (AvgIpc) is 2.85. The van der Waals surface area contributed by atoms with Gasteiger partial charge in [0.2, 0.25) is 0 Å². The van der Waals surface area contributed by atoms with Crippen LogP contribution in [0.15, 0.2) is 85.5 Å². The van der Waals surface area contributed by atoms with Crippen LogP contribution in [-0.4, -0.2) is 50.3 Å². The fourth-order valence-electron chi connectivity index (χ4n) is 3.96. The molecule has 34 heavy (non-hydrogen) atoms. The molecule has 3 rings (SSSR count). The smallest absolute Gasteiger partial charge is 0.253 e. The van der Waals surface area contributed by atoms with Gasteiger partial charge in [-0.2, -0.15) is 0 Å². The van der Waals surface area contributed by atoms with Crippen LogP contribution in [-0.2, 0) is 4.74 Å². The molecule has 1 amide bonds. The number of morpholine rings is 1. The zero-order valence-corrected chi connectivity index (χ0v) is 19.9. The average molecular weight is 459 g/mol. The molecule has 1 aliphatic rings. The van der Waals surface area contributed by atoms with Gasteiger partial charge in [0.25, 0.3) is 5.91 Å². The lowest BCUT2D eigenvalue weighted by molar-refractivity contribution is 0.0322. The second-order valence-corrected chi connectivity index (χ2v) is 8.07. The lowest BCUT2D eigenvalue weighted by atomic mass is 9.92. The molecular weight excluding hydrogens is 424 g/mol. The van der Waals surface area contributed by atoms with E-state index in [4.69, 9.17) is 15.2 Å². The first-order valence-corrected chi connectivity index (χ1v) is 11.7. The predicted octanol–water partition coefficient (Wildman–Crippen LogP) is 5.30. The molecule has 2 N–H and O–H groups in total. The SMILES string of the molecule is C=C/C=C/C/C=C/C=C/C=C(/C)c1c(C(N)=O)c(OCCN2CCOCC2)cc2ccccc12. The number of nitrogens with zero attached hydrogens (tertiary/aromatic N) is 1. The highest BCUT2D eigenvalue weighted by Gasteiger charge is 2.20. The van der Waals surface area contributed by atoms with Gasteiger partial charge in [0.1, 0.15) is 12.4 Å². The molecule has 5 nitrogen and oxygen atoms in total. The van der Waals surface area contributed by atoms with Crippen molar-refractivity contribution in [2.45, 2.75) is 13.3 Å². The van der Waals surface area contributed by atoms with Crippen molar-refractivity contribution in [2.75, 3.05) is 39.5 Å². The zero-order valence-electron chi connectivity index (χ0n) is 19.9. The molecule has 178 valence electrons. The van der Waals surface area contributed by atoms with E-state index in [2.05, 4.69) is 17.6 Å². The minimum Gasteiger partial charge on any atom is -0.491 e. The summed E-state index contributed by atoms with van der Waals surface area (Å²) in [5, 5.41) is 1.98. The Morgan fingerprint density at radius 3 is 2.65 bits per heavy atom. The van der Waals surface area contributed by atoms with Crippen LogP contribution in [0.2, 0.25) is 0 Å². The Morgan fingerprint density at radius 1 is 1.12 bits per heavy atom. The van der Waals surface area contributed by atoms with Crippen LogP contribution < -0.4 is 10.5 Å². The van der Waals surface area contributed by atoms with Gasteiger partial charge in [-0.25, -0.2) is 0 Å². The number of benzene rings is 2. The van der Waals surface area contributed by atoms with Gasteiger partial charge in [-0.3, -0.25) is 9.69 Å². The van der Waals surface area contributed by atoms with E-state index in [0.717, 1.165) is 61.2 Å². The standard InChI is InChI=1S/C29H34N2O3/c1-3-4-5-6-7-8-9-10-13-23(2)27-25-15-12-11-14-24(25)22-26(28(27)29(30)32)34-21-18-31-16-19-33-20-17-31/h3-5,7-15,22H,1,6,16-21H2,2H3,(H2,30,32)/b5-4+,8-7+,10-9+,23-13-. The minimum atomic E-state index is -0.493. The third-order valence-electron chi connectivity index (χ3n) is 5.67. The van der Waals surface area contributed by atoms with Crippen molar-refractivity contribution < 1.29 is 14.3 Å². The molecule has 0 unspecified atom stereocenters. The maximum atomic E-state index is 12.6. The molecule has 0 saturated carbocycles. The van der Waals surface area contributed by atoms with Crippen molar-refractivity contribution in [1.82, 2.24) is 4.90 Å². The van der Waals surface area contributed by atoms with Gasteiger partial charge in [0.15, 0.2) is 0 Å². The Balaban J connectivity index is 1.87. The maximum absolute atomic E-state index is 12.6. The normalized spacial score (nSPS) is 15.6. The number of amides is 1. The van der Waals surface area contributed by atoms with Crippen molar-refractivity contribution in [3.63, 3.8) is 0 Å².